The van der Waals surface area contributed by atoms with Crippen molar-refractivity contribution in [2.24, 2.45) is 11.7 Å². The molecule has 3 N–H and O–H groups in total. The van der Waals surface area contributed by atoms with Gasteiger partial charge in [-0.1, -0.05) is 110 Å². The molecular formula is C25H27NO3S. The monoisotopic (exact) mass is 421 g/mol. The third-order valence-corrected chi connectivity index (χ3v) is 5.59. The molecule has 0 aromatic heterocycles. The van der Waals surface area contributed by atoms with Crippen LogP contribution in [0.3, 0.4) is 0 Å². The average Bonchev–Trinajstić information content (AvgIpc) is 2.79. The van der Waals surface area contributed by atoms with Gasteiger partial charge in [-0.3, -0.25) is 9.59 Å². The van der Waals surface area contributed by atoms with Crippen molar-refractivity contribution in [3.05, 3.63) is 108 Å². The van der Waals surface area contributed by atoms with Crippen molar-refractivity contribution in [1.82, 2.24) is 0 Å². The first-order valence-electron chi connectivity index (χ1n) is 9.76. The molecule has 0 fully saturated rings. The maximum atomic E-state index is 11.5. The number of aliphatic carboxylic acids is 1. The summed E-state index contributed by atoms with van der Waals surface area (Å²) in [5.74, 6) is -1.06. The molecule has 0 amide bonds. The molecule has 156 valence electrons. The third kappa shape index (κ3) is 8.23. The highest BCUT2D eigenvalue weighted by Gasteiger charge is 2.14. The Morgan fingerprint density at radius 2 is 1.37 bits per heavy atom. The van der Waals surface area contributed by atoms with Crippen LogP contribution in [0.5, 0.6) is 0 Å². The fourth-order valence-corrected chi connectivity index (χ4v) is 3.46. The van der Waals surface area contributed by atoms with Gasteiger partial charge in [0.25, 0.3) is 0 Å². The van der Waals surface area contributed by atoms with Crippen LogP contribution < -0.4 is 5.73 Å². The molecule has 0 aliphatic carbocycles. The Hall–Kier alpha value is -2.89. The highest BCUT2D eigenvalue weighted by atomic mass is 32.2. The summed E-state index contributed by atoms with van der Waals surface area (Å²) in [6, 6.07) is 29.5. The molecule has 0 spiro atoms. The number of hydrogen-bond donors (Lipinski definition) is 2. The van der Waals surface area contributed by atoms with Crippen molar-refractivity contribution >= 4 is 22.8 Å². The number of carbonyl (C=O) groups is 2. The predicted molar refractivity (Wildman–Crippen MR) is 124 cm³/mol. The zero-order valence-corrected chi connectivity index (χ0v) is 17.8. The summed E-state index contributed by atoms with van der Waals surface area (Å²) in [6.07, 6.45) is 0.894. The van der Waals surface area contributed by atoms with Crippen LogP contribution in [-0.2, 0) is 11.2 Å². The quantitative estimate of drug-likeness (QED) is 0.547. The molecule has 0 unspecified atom stereocenters. The van der Waals surface area contributed by atoms with Crippen LogP contribution in [0.2, 0.25) is 0 Å². The van der Waals surface area contributed by atoms with Gasteiger partial charge in [0.1, 0.15) is 0 Å². The summed E-state index contributed by atoms with van der Waals surface area (Å²) in [7, 11) is 0. The number of carbonyl (C=O) groups excluding carboxylic acids is 1. The fraction of sp³-hybridized carbons (Fsp3) is 0.200. The molecule has 0 aliphatic heterocycles. The fourth-order valence-electron chi connectivity index (χ4n) is 2.62. The van der Waals surface area contributed by atoms with Gasteiger partial charge < -0.3 is 10.8 Å². The van der Waals surface area contributed by atoms with Crippen LogP contribution in [0.1, 0.15) is 34.5 Å². The highest BCUT2D eigenvalue weighted by molar-refractivity contribution is 8.14. The molecule has 0 heterocycles. The minimum atomic E-state index is -0.872. The lowest BCUT2D eigenvalue weighted by Crippen LogP contribution is -2.13. The van der Waals surface area contributed by atoms with Crippen LogP contribution in [-0.4, -0.2) is 21.9 Å². The maximum Gasteiger partial charge on any atom is 0.307 e. The van der Waals surface area contributed by atoms with Gasteiger partial charge in [0.15, 0.2) is 0 Å². The summed E-state index contributed by atoms with van der Waals surface area (Å²) in [5.41, 5.74) is 9.22. The summed E-state index contributed by atoms with van der Waals surface area (Å²) >= 11 is 1.05. The standard InChI is InChI=1S/C14H15N.C11H12O3S/c15-14(13-9-5-2-6-10-13)11-12-7-3-1-4-8-12;1-8(10(12)13)7-15-11(14)9-5-3-2-4-6-9/h1-10,14H,11,15H2;2-6,8H,7H2,1H3,(H,12,13)/t14-;8-/m11/s1. The van der Waals surface area contributed by atoms with Crippen LogP contribution in [0, 0.1) is 5.92 Å². The van der Waals surface area contributed by atoms with Gasteiger partial charge in [0.05, 0.1) is 5.92 Å². The molecule has 4 nitrogen and oxygen atoms in total. The van der Waals surface area contributed by atoms with E-state index in [1.165, 1.54) is 11.1 Å². The molecule has 3 rings (SSSR count). The Morgan fingerprint density at radius 3 is 1.90 bits per heavy atom. The normalized spacial score (nSPS) is 12.2. The lowest BCUT2D eigenvalue weighted by molar-refractivity contribution is -0.140. The van der Waals surface area contributed by atoms with E-state index in [0.717, 1.165) is 18.2 Å². The van der Waals surface area contributed by atoms with E-state index in [1.54, 1.807) is 31.2 Å². The average molecular weight is 422 g/mol. The highest BCUT2D eigenvalue weighted by Crippen LogP contribution is 2.16. The SMILES string of the molecule is C[C@H](CSC(=O)c1ccccc1)C(=O)O.N[C@H](Cc1ccccc1)c1ccccc1. The summed E-state index contributed by atoms with van der Waals surface area (Å²) in [5, 5.41) is 8.56. The molecule has 3 aromatic carbocycles. The zero-order chi connectivity index (χ0) is 21.8. The van der Waals surface area contributed by atoms with E-state index in [0.29, 0.717) is 11.3 Å². The largest absolute Gasteiger partial charge is 0.481 e. The van der Waals surface area contributed by atoms with Crippen LogP contribution >= 0.6 is 11.8 Å². The van der Waals surface area contributed by atoms with Gasteiger partial charge in [-0.15, -0.1) is 0 Å². The van der Waals surface area contributed by atoms with Crippen molar-refractivity contribution in [3.8, 4) is 0 Å². The van der Waals surface area contributed by atoms with Crippen molar-refractivity contribution in [3.63, 3.8) is 0 Å². The molecule has 30 heavy (non-hydrogen) atoms. The third-order valence-electron chi connectivity index (χ3n) is 4.42. The van der Waals surface area contributed by atoms with Gasteiger partial charge in [-0.2, -0.15) is 0 Å². The van der Waals surface area contributed by atoms with Crippen molar-refractivity contribution in [2.75, 3.05) is 5.75 Å². The van der Waals surface area contributed by atoms with E-state index in [4.69, 9.17) is 10.8 Å². The van der Waals surface area contributed by atoms with Crippen LogP contribution in [0.25, 0.3) is 0 Å². The molecule has 0 aliphatic rings. The predicted octanol–water partition coefficient (Wildman–Crippen LogP) is 5.21. The first kappa shape index (κ1) is 23.4. The maximum absolute atomic E-state index is 11.5. The van der Waals surface area contributed by atoms with Gasteiger partial charge in [-0.05, 0) is 17.5 Å². The summed E-state index contributed by atoms with van der Waals surface area (Å²) in [4.78, 5) is 22.1. The Balaban J connectivity index is 0.000000214. The number of carboxylic acid groups (broad SMARTS) is 1. The first-order valence-corrected chi connectivity index (χ1v) is 10.8. The van der Waals surface area contributed by atoms with Crippen molar-refractivity contribution in [2.45, 2.75) is 19.4 Å². The number of carboxylic acids is 1. The number of thioether (sulfide) groups is 1. The second-order valence-electron chi connectivity index (χ2n) is 6.91. The van der Waals surface area contributed by atoms with Gasteiger partial charge in [0.2, 0.25) is 5.12 Å². The van der Waals surface area contributed by atoms with Crippen LogP contribution in [0.15, 0.2) is 91.0 Å². The van der Waals surface area contributed by atoms with E-state index in [-0.39, 0.29) is 11.2 Å². The zero-order valence-electron chi connectivity index (χ0n) is 17.0. The molecule has 2 atom stereocenters. The number of benzene rings is 3. The Labute approximate surface area is 182 Å². The molecule has 5 heteroatoms. The van der Waals surface area contributed by atoms with E-state index < -0.39 is 11.9 Å². The summed E-state index contributed by atoms with van der Waals surface area (Å²) in [6.45, 7) is 1.59. The minimum absolute atomic E-state index is 0.0799. The van der Waals surface area contributed by atoms with Gasteiger partial charge in [0, 0.05) is 17.4 Å². The molecule has 3 aromatic rings. The summed E-state index contributed by atoms with van der Waals surface area (Å²) < 4.78 is 0. The second-order valence-corrected chi connectivity index (χ2v) is 7.90. The number of nitrogens with two attached hydrogens (primary N) is 1. The van der Waals surface area contributed by atoms with Gasteiger partial charge in [-0.25, -0.2) is 0 Å². The van der Waals surface area contributed by atoms with E-state index in [2.05, 4.69) is 24.3 Å². The topological polar surface area (TPSA) is 80.4 Å². The molecule has 0 radical (unpaired) electrons. The molecule has 0 saturated carbocycles. The smallest absolute Gasteiger partial charge is 0.307 e. The lowest BCUT2D eigenvalue weighted by Gasteiger charge is -2.11. The van der Waals surface area contributed by atoms with E-state index in [1.807, 2.05) is 42.5 Å². The van der Waals surface area contributed by atoms with Crippen LogP contribution in [0.4, 0.5) is 0 Å². The van der Waals surface area contributed by atoms with Crippen molar-refractivity contribution in [1.29, 1.82) is 0 Å². The Kier molecular flexibility index (Phi) is 9.84. The van der Waals surface area contributed by atoms with Crippen molar-refractivity contribution < 1.29 is 14.7 Å². The lowest BCUT2D eigenvalue weighted by atomic mass is 10.00. The second kappa shape index (κ2) is 12.6. The van der Waals surface area contributed by atoms with E-state index in [9.17, 15) is 9.59 Å². The Morgan fingerprint density at radius 1 is 0.867 bits per heavy atom. The molecular weight excluding hydrogens is 394 g/mol. The number of rotatable bonds is 7. The first-order chi connectivity index (χ1) is 14.5. The Bertz CT molecular complexity index is 901. The van der Waals surface area contributed by atoms with Gasteiger partial charge >= 0.3 is 5.97 Å². The number of hydrogen-bond acceptors (Lipinski definition) is 4. The molecule has 0 bridgehead atoms. The minimum Gasteiger partial charge on any atom is -0.481 e. The molecule has 0 saturated heterocycles. The van der Waals surface area contributed by atoms with E-state index >= 15 is 0 Å².